The summed E-state index contributed by atoms with van der Waals surface area (Å²) < 4.78 is 35.7. The molecular weight excluding hydrogens is 402 g/mol. The molecule has 0 amide bonds. The fourth-order valence-electron chi connectivity index (χ4n) is 3.66. The van der Waals surface area contributed by atoms with Gasteiger partial charge in [0.25, 0.3) is 0 Å². The van der Waals surface area contributed by atoms with Crippen molar-refractivity contribution in [2.45, 2.75) is 39.1 Å². The van der Waals surface area contributed by atoms with Crippen LogP contribution in [0.25, 0.3) is 0 Å². The molecule has 6 nitrogen and oxygen atoms in total. The summed E-state index contributed by atoms with van der Waals surface area (Å²) in [6.07, 6.45) is 0.866. The molecule has 1 atom stereocenters. The predicted octanol–water partition coefficient (Wildman–Crippen LogP) is 3.77. The fourth-order valence-corrected chi connectivity index (χ4v) is 3.66. The Kier molecular flexibility index (Phi) is 8.46. The van der Waals surface area contributed by atoms with Crippen LogP contribution in [0.5, 0.6) is 5.75 Å². The van der Waals surface area contributed by atoms with Gasteiger partial charge in [0.05, 0.1) is 12.3 Å². The molecule has 0 aliphatic carbocycles. The Morgan fingerprint density at radius 1 is 1.16 bits per heavy atom. The molecule has 0 radical (unpaired) electrons. The number of hydrogen-bond donors (Lipinski definition) is 2. The summed E-state index contributed by atoms with van der Waals surface area (Å²) in [6.45, 7) is 2.44. The Balaban J connectivity index is 1.56. The minimum Gasteiger partial charge on any atom is -0.433 e. The first-order valence-corrected chi connectivity index (χ1v) is 10.5. The van der Waals surface area contributed by atoms with Gasteiger partial charge in [-0.15, -0.1) is 0 Å². The Morgan fingerprint density at radius 3 is 2.65 bits per heavy atom. The molecular formula is C23H30F2N4O2. The first-order valence-electron chi connectivity index (χ1n) is 10.5. The van der Waals surface area contributed by atoms with Crippen molar-refractivity contribution in [3.8, 4) is 5.75 Å². The first-order chi connectivity index (χ1) is 15.1. The van der Waals surface area contributed by atoms with Crippen LogP contribution in [-0.4, -0.2) is 45.4 Å². The highest BCUT2D eigenvalue weighted by Gasteiger charge is 2.26. The number of benzene rings is 2. The molecule has 2 N–H and O–H groups in total. The zero-order valence-electron chi connectivity index (χ0n) is 18.0. The topological polar surface area (TPSA) is 58.1 Å². The van der Waals surface area contributed by atoms with Crippen molar-refractivity contribution in [3.63, 3.8) is 0 Å². The lowest BCUT2D eigenvalue weighted by Crippen LogP contribution is -2.44. The van der Waals surface area contributed by atoms with E-state index in [1.807, 2.05) is 31.2 Å². The largest absolute Gasteiger partial charge is 0.433 e. The normalized spacial score (nSPS) is 16.6. The van der Waals surface area contributed by atoms with Gasteiger partial charge in [-0.2, -0.15) is 8.78 Å². The van der Waals surface area contributed by atoms with Crippen molar-refractivity contribution in [1.82, 2.24) is 10.6 Å². The monoisotopic (exact) mass is 432 g/mol. The minimum absolute atomic E-state index is 0.143. The number of halogens is 2. The van der Waals surface area contributed by atoms with Gasteiger partial charge in [0.15, 0.2) is 5.96 Å². The molecule has 8 heteroatoms. The predicted molar refractivity (Wildman–Crippen MR) is 119 cm³/mol. The van der Waals surface area contributed by atoms with E-state index in [0.717, 1.165) is 24.1 Å². The molecule has 3 rings (SSSR count). The van der Waals surface area contributed by atoms with Crippen LogP contribution in [0.1, 0.15) is 24.5 Å². The number of alkyl halides is 2. The standard InChI is InChI=1S/C23H30F2N4O2/c1-3-30-16-18-9-5-4-8-17(18)14-27-23(26-2)28-19-12-13-29(15-19)20-10-6-7-11-21(20)31-22(24)25/h4-11,19,22H,3,12-16H2,1-2H3,(H2,26,27,28). The van der Waals surface area contributed by atoms with E-state index < -0.39 is 6.61 Å². The zero-order valence-corrected chi connectivity index (χ0v) is 18.0. The Morgan fingerprint density at radius 2 is 1.90 bits per heavy atom. The third-order valence-corrected chi connectivity index (χ3v) is 5.20. The average molecular weight is 433 g/mol. The Labute approximate surface area is 182 Å². The van der Waals surface area contributed by atoms with Crippen LogP contribution in [0, 0.1) is 0 Å². The minimum atomic E-state index is -2.84. The molecule has 1 aliphatic rings. The summed E-state index contributed by atoms with van der Waals surface area (Å²) in [7, 11) is 1.74. The smallest absolute Gasteiger partial charge is 0.387 e. The van der Waals surface area contributed by atoms with Gasteiger partial charge >= 0.3 is 6.61 Å². The summed E-state index contributed by atoms with van der Waals surface area (Å²) in [5, 5.41) is 6.80. The molecule has 0 bridgehead atoms. The van der Waals surface area contributed by atoms with Gasteiger partial charge in [-0.25, -0.2) is 0 Å². The second-order valence-corrected chi connectivity index (χ2v) is 7.25. The van der Waals surface area contributed by atoms with Crippen molar-refractivity contribution < 1.29 is 18.3 Å². The maximum absolute atomic E-state index is 12.7. The second-order valence-electron chi connectivity index (χ2n) is 7.25. The average Bonchev–Trinajstić information content (AvgIpc) is 3.24. The molecule has 2 aromatic carbocycles. The lowest BCUT2D eigenvalue weighted by Gasteiger charge is -2.22. The number of nitrogens with zero attached hydrogens (tertiary/aromatic N) is 2. The van der Waals surface area contributed by atoms with E-state index in [0.29, 0.717) is 38.0 Å². The van der Waals surface area contributed by atoms with E-state index in [1.54, 1.807) is 19.2 Å². The van der Waals surface area contributed by atoms with Crippen molar-refractivity contribution in [2.75, 3.05) is 31.6 Å². The third-order valence-electron chi connectivity index (χ3n) is 5.20. The number of hydrogen-bond acceptors (Lipinski definition) is 4. The number of ether oxygens (including phenoxy) is 2. The number of guanidine groups is 1. The maximum Gasteiger partial charge on any atom is 0.387 e. The van der Waals surface area contributed by atoms with Gasteiger partial charge < -0.3 is 25.0 Å². The van der Waals surface area contributed by atoms with Crippen LogP contribution in [0.2, 0.25) is 0 Å². The first kappa shape index (κ1) is 22.8. The van der Waals surface area contributed by atoms with Crippen LogP contribution < -0.4 is 20.3 Å². The molecule has 1 fully saturated rings. The number of anilines is 1. The van der Waals surface area contributed by atoms with Gasteiger partial charge in [0.2, 0.25) is 0 Å². The van der Waals surface area contributed by atoms with Crippen LogP contribution in [-0.2, 0) is 17.9 Å². The van der Waals surface area contributed by atoms with E-state index in [4.69, 9.17) is 4.74 Å². The second kappa shape index (κ2) is 11.5. The molecule has 1 aliphatic heterocycles. The molecule has 0 aromatic heterocycles. The Bertz CT molecular complexity index is 863. The summed E-state index contributed by atoms with van der Waals surface area (Å²) in [4.78, 5) is 6.39. The van der Waals surface area contributed by atoms with Gasteiger partial charge in [-0.1, -0.05) is 36.4 Å². The van der Waals surface area contributed by atoms with Gasteiger partial charge in [0.1, 0.15) is 5.75 Å². The SMILES string of the molecule is CCOCc1ccccc1CNC(=NC)NC1CCN(c2ccccc2OC(F)F)C1. The van der Waals surface area contributed by atoms with E-state index in [-0.39, 0.29) is 11.8 Å². The highest BCUT2D eigenvalue weighted by Crippen LogP contribution is 2.31. The van der Waals surface area contributed by atoms with Crippen LogP contribution in [0.15, 0.2) is 53.5 Å². The number of rotatable bonds is 9. The highest BCUT2D eigenvalue weighted by molar-refractivity contribution is 5.80. The number of nitrogens with one attached hydrogen (secondary N) is 2. The van der Waals surface area contributed by atoms with Crippen LogP contribution in [0.4, 0.5) is 14.5 Å². The summed E-state index contributed by atoms with van der Waals surface area (Å²) in [5.74, 6) is 0.904. The van der Waals surface area contributed by atoms with E-state index in [1.165, 1.54) is 0 Å². The van der Waals surface area contributed by atoms with Gasteiger partial charge in [-0.3, -0.25) is 4.99 Å². The maximum atomic E-state index is 12.7. The summed E-state index contributed by atoms with van der Waals surface area (Å²) >= 11 is 0. The van der Waals surface area contributed by atoms with Crippen molar-refractivity contribution in [1.29, 1.82) is 0 Å². The van der Waals surface area contributed by atoms with Crippen LogP contribution >= 0.6 is 0 Å². The molecule has 0 spiro atoms. The molecule has 2 aromatic rings. The highest BCUT2D eigenvalue weighted by atomic mass is 19.3. The lowest BCUT2D eigenvalue weighted by atomic mass is 10.1. The summed E-state index contributed by atoms with van der Waals surface area (Å²) in [5.41, 5.74) is 2.99. The molecule has 1 unspecified atom stereocenters. The molecule has 31 heavy (non-hydrogen) atoms. The van der Waals surface area contributed by atoms with Crippen molar-refractivity contribution in [2.24, 2.45) is 4.99 Å². The number of aliphatic imine (C=N–C) groups is 1. The third kappa shape index (κ3) is 6.55. The van der Waals surface area contributed by atoms with Crippen LogP contribution in [0.3, 0.4) is 0 Å². The van der Waals surface area contributed by atoms with E-state index in [2.05, 4.69) is 37.4 Å². The molecule has 0 saturated carbocycles. The number of para-hydroxylation sites is 2. The molecule has 168 valence electrons. The van der Waals surface area contributed by atoms with Gasteiger partial charge in [0, 0.05) is 39.3 Å². The molecule has 1 heterocycles. The zero-order chi connectivity index (χ0) is 22.1. The van der Waals surface area contributed by atoms with Crippen molar-refractivity contribution >= 4 is 11.6 Å². The van der Waals surface area contributed by atoms with E-state index >= 15 is 0 Å². The quantitative estimate of drug-likeness (QED) is 0.467. The lowest BCUT2D eigenvalue weighted by molar-refractivity contribution is -0.0495. The van der Waals surface area contributed by atoms with E-state index in [9.17, 15) is 8.78 Å². The Hall–Kier alpha value is -2.87. The van der Waals surface area contributed by atoms with Gasteiger partial charge in [-0.05, 0) is 36.6 Å². The molecule has 1 saturated heterocycles. The fraction of sp³-hybridized carbons (Fsp3) is 0.435. The summed E-state index contributed by atoms with van der Waals surface area (Å²) in [6, 6.07) is 15.2. The van der Waals surface area contributed by atoms with Crippen molar-refractivity contribution in [3.05, 3.63) is 59.7 Å².